The molecular formula is C11H21N5O2. The zero-order chi connectivity index (χ0) is 13.7. The van der Waals surface area contributed by atoms with E-state index in [4.69, 9.17) is 10.8 Å². The molecule has 0 fully saturated rings. The lowest BCUT2D eigenvalue weighted by molar-refractivity contribution is 0.214. The Kier molecular flexibility index (Phi) is 4.96. The number of nitrogen functional groups attached to an aromatic ring is 1. The zero-order valence-electron chi connectivity index (χ0n) is 10.9. The van der Waals surface area contributed by atoms with E-state index < -0.39 is 6.03 Å². The Morgan fingerprint density at radius 2 is 2.22 bits per heavy atom. The Labute approximate surface area is 106 Å². The summed E-state index contributed by atoms with van der Waals surface area (Å²) in [4.78, 5) is 11.7. The molecule has 0 aromatic carbocycles. The number of aliphatic hydroxyl groups is 1. The minimum atomic E-state index is -0.399. The number of carbonyl (C=O) groups is 1. The van der Waals surface area contributed by atoms with Gasteiger partial charge in [-0.3, -0.25) is 10.4 Å². The van der Waals surface area contributed by atoms with Gasteiger partial charge in [-0.2, -0.15) is 5.10 Å². The van der Waals surface area contributed by atoms with Gasteiger partial charge in [0.2, 0.25) is 0 Å². The molecule has 0 saturated heterocycles. The number of rotatable bonds is 5. The van der Waals surface area contributed by atoms with Crippen LogP contribution in [0, 0.1) is 12.8 Å². The summed E-state index contributed by atoms with van der Waals surface area (Å²) in [6.45, 7) is 5.72. The molecule has 1 aromatic heterocycles. The third-order valence-electron chi connectivity index (χ3n) is 2.59. The molecule has 1 atom stereocenters. The fraction of sp³-hybridized carbons (Fsp3) is 0.636. The van der Waals surface area contributed by atoms with Crippen molar-refractivity contribution in [2.75, 3.05) is 17.7 Å². The summed E-state index contributed by atoms with van der Waals surface area (Å²) in [5.41, 5.74) is 6.27. The number of H-pyrrole nitrogens is 1. The molecule has 0 aliphatic heterocycles. The second kappa shape index (κ2) is 6.25. The van der Waals surface area contributed by atoms with Crippen molar-refractivity contribution in [3.63, 3.8) is 0 Å². The number of aromatic nitrogens is 2. The first-order valence-corrected chi connectivity index (χ1v) is 5.92. The van der Waals surface area contributed by atoms with Crippen LogP contribution in [0.5, 0.6) is 0 Å². The maximum atomic E-state index is 11.7. The van der Waals surface area contributed by atoms with Gasteiger partial charge in [-0.15, -0.1) is 0 Å². The van der Waals surface area contributed by atoms with Crippen molar-refractivity contribution in [1.82, 2.24) is 15.5 Å². The SMILES string of the molecule is Cc1c(NC(=O)N[C@H](CO)CC(C)C)n[nH]c1N. The first-order valence-electron chi connectivity index (χ1n) is 5.92. The molecular weight excluding hydrogens is 234 g/mol. The molecule has 0 bridgehead atoms. The maximum absolute atomic E-state index is 11.7. The van der Waals surface area contributed by atoms with Crippen molar-refractivity contribution in [3.05, 3.63) is 5.56 Å². The van der Waals surface area contributed by atoms with Gasteiger partial charge < -0.3 is 16.2 Å². The van der Waals surface area contributed by atoms with Gasteiger partial charge in [0, 0.05) is 5.56 Å². The monoisotopic (exact) mass is 255 g/mol. The molecule has 7 heteroatoms. The fourth-order valence-electron chi connectivity index (χ4n) is 1.61. The molecule has 7 nitrogen and oxygen atoms in total. The number of carbonyl (C=O) groups excluding carboxylic acids is 1. The third kappa shape index (κ3) is 3.92. The smallest absolute Gasteiger partial charge is 0.320 e. The maximum Gasteiger partial charge on any atom is 0.320 e. The van der Waals surface area contributed by atoms with Crippen molar-refractivity contribution in [1.29, 1.82) is 0 Å². The molecule has 1 rings (SSSR count). The van der Waals surface area contributed by atoms with Crippen molar-refractivity contribution >= 4 is 17.7 Å². The van der Waals surface area contributed by atoms with E-state index in [1.54, 1.807) is 6.92 Å². The average molecular weight is 255 g/mol. The Balaban J connectivity index is 2.53. The highest BCUT2D eigenvalue weighted by atomic mass is 16.3. The van der Waals surface area contributed by atoms with Gasteiger partial charge in [-0.05, 0) is 19.3 Å². The van der Waals surface area contributed by atoms with Crippen LogP contribution in [0.1, 0.15) is 25.8 Å². The van der Waals surface area contributed by atoms with Crippen molar-refractivity contribution in [3.8, 4) is 0 Å². The number of aromatic amines is 1. The van der Waals surface area contributed by atoms with Crippen molar-refractivity contribution in [2.45, 2.75) is 33.2 Å². The van der Waals surface area contributed by atoms with Crippen LogP contribution in [0.2, 0.25) is 0 Å². The Hall–Kier alpha value is -1.76. The summed E-state index contributed by atoms with van der Waals surface area (Å²) >= 11 is 0. The topological polar surface area (TPSA) is 116 Å². The number of urea groups is 1. The van der Waals surface area contributed by atoms with E-state index in [0.29, 0.717) is 29.5 Å². The number of nitrogens with zero attached hydrogens (tertiary/aromatic N) is 1. The normalized spacial score (nSPS) is 12.5. The van der Waals surface area contributed by atoms with Gasteiger partial charge in [-0.25, -0.2) is 4.79 Å². The van der Waals surface area contributed by atoms with Gasteiger partial charge in [0.25, 0.3) is 0 Å². The van der Waals surface area contributed by atoms with E-state index in [-0.39, 0.29) is 12.6 Å². The highest BCUT2D eigenvalue weighted by Crippen LogP contribution is 2.16. The van der Waals surface area contributed by atoms with E-state index in [1.807, 2.05) is 13.8 Å². The summed E-state index contributed by atoms with van der Waals surface area (Å²) in [5.74, 6) is 1.21. The molecule has 0 aliphatic carbocycles. The molecule has 2 amide bonds. The van der Waals surface area contributed by atoms with E-state index >= 15 is 0 Å². The predicted octanol–water partition coefficient (Wildman–Crippen LogP) is 0.829. The molecule has 0 spiro atoms. The number of nitrogens with two attached hydrogens (primary N) is 1. The van der Waals surface area contributed by atoms with Gasteiger partial charge >= 0.3 is 6.03 Å². The minimum Gasteiger partial charge on any atom is -0.394 e. The van der Waals surface area contributed by atoms with Crippen LogP contribution in [-0.2, 0) is 0 Å². The lowest BCUT2D eigenvalue weighted by Gasteiger charge is -2.18. The molecule has 1 heterocycles. The molecule has 18 heavy (non-hydrogen) atoms. The number of anilines is 2. The first kappa shape index (κ1) is 14.3. The van der Waals surface area contributed by atoms with Gasteiger partial charge in [0.05, 0.1) is 12.6 Å². The Morgan fingerprint density at radius 3 is 2.67 bits per heavy atom. The van der Waals surface area contributed by atoms with E-state index in [0.717, 1.165) is 0 Å². The minimum absolute atomic E-state index is 0.0900. The van der Waals surface area contributed by atoms with Crippen molar-refractivity contribution in [2.24, 2.45) is 5.92 Å². The highest BCUT2D eigenvalue weighted by molar-refractivity contribution is 5.89. The molecule has 102 valence electrons. The molecule has 0 aliphatic rings. The number of nitrogens with one attached hydrogen (secondary N) is 3. The van der Waals surface area contributed by atoms with Crippen LogP contribution in [0.4, 0.5) is 16.4 Å². The number of hydrogen-bond acceptors (Lipinski definition) is 4. The zero-order valence-corrected chi connectivity index (χ0v) is 10.9. The molecule has 0 saturated carbocycles. The van der Waals surface area contributed by atoms with Crippen LogP contribution >= 0.6 is 0 Å². The van der Waals surface area contributed by atoms with Crippen LogP contribution in [-0.4, -0.2) is 34.0 Å². The lowest BCUT2D eigenvalue weighted by atomic mass is 10.0. The summed E-state index contributed by atoms with van der Waals surface area (Å²) in [7, 11) is 0. The largest absolute Gasteiger partial charge is 0.394 e. The fourth-order valence-corrected chi connectivity index (χ4v) is 1.61. The van der Waals surface area contributed by atoms with Gasteiger partial charge in [0.15, 0.2) is 5.82 Å². The number of hydrogen-bond donors (Lipinski definition) is 5. The van der Waals surface area contributed by atoms with Crippen LogP contribution < -0.4 is 16.4 Å². The quantitative estimate of drug-likeness (QED) is 0.535. The molecule has 0 radical (unpaired) electrons. The summed E-state index contributed by atoms with van der Waals surface area (Å²) in [6, 6.07) is -0.661. The highest BCUT2D eigenvalue weighted by Gasteiger charge is 2.15. The Morgan fingerprint density at radius 1 is 1.56 bits per heavy atom. The standard InChI is InChI=1S/C11H21N5O2/c1-6(2)4-8(5-17)13-11(18)14-10-7(3)9(12)15-16-10/h6,8,17H,4-5H2,1-3H3,(H5,12,13,14,15,16,18)/t8-/m0/s1. The molecule has 1 aromatic rings. The summed E-state index contributed by atoms with van der Waals surface area (Å²) in [6.07, 6.45) is 0.714. The average Bonchev–Trinajstić information content (AvgIpc) is 2.59. The lowest BCUT2D eigenvalue weighted by Crippen LogP contribution is -2.41. The van der Waals surface area contributed by atoms with E-state index in [2.05, 4.69) is 20.8 Å². The first-order chi connectivity index (χ1) is 8.43. The van der Waals surface area contributed by atoms with Gasteiger partial charge in [-0.1, -0.05) is 13.8 Å². The number of aliphatic hydroxyl groups excluding tert-OH is 1. The molecule has 0 unspecified atom stereocenters. The van der Waals surface area contributed by atoms with Crippen LogP contribution in [0.25, 0.3) is 0 Å². The van der Waals surface area contributed by atoms with E-state index in [9.17, 15) is 4.79 Å². The second-order valence-electron chi connectivity index (χ2n) is 4.72. The predicted molar refractivity (Wildman–Crippen MR) is 70.2 cm³/mol. The second-order valence-corrected chi connectivity index (χ2v) is 4.72. The summed E-state index contributed by atoms with van der Waals surface area (Å²) in [5, 5.41) is 20.9. The van der Waals surface area contributed by atoms with Gasteiger partial charge in [0.1, 0.15) is 5.82 Å². The van der Waals surface area contributed by atoms with Crippen LogP contribution in [0.15, 0.2) is 0 Å². The molecule has 6 N–H and O–H groups in total. The van der Waals surface area contributed by atoms with Crippen molar-refractivity contribution < 1.29 is 9.90 Å². The third-order valence-corrected chi connectivity index (χ3v) is 2.59. The van der Waals surface area contributed by atoms with Crippen LogP contribution in [0.3, 0.4) is 0 Å². The Bertz CT molecular complexity index is 402. The van der Waals surface area contributed by atoms with E-state index in [1.165, 1.54) is 0 Å². The number of amides is 2. The summed E-state index contributed by atoms with van der Waals surface area (Å²) < 4.78 is 0.